The third-order valence-corrected chi connectivity index (χ3v) is 9.83. The van der Waals surface area contributed by atoms with Crippen LogP contribution in [-0.4, -0.2) is 108 Å². The Bertz CT molecular complexity index is 1650. The van der Waals surface area contributed by atoms with E-state index in [1.54, 1.807) is 6.07 Å². The zero-order valence-corrected chi connectivity index (χ0v) is 30.4. The van der Waals surface area contributed by atoms with Crippen molar-refractivity contribution in [2.24, 2.45) is 0 Å². The molecule has 17 nitrogen and oxygen atoms in total. The number of thioether (sulfide) groups is 1. The Kier molecular flexibility index (Phi) is 16.3. The van der Waals surface area contributed by atoms with Crippen molar-refractivity contribution >= 4 is 64.5 Å². The van der Waals surface area contributed by atoms with E-state index in [0.29, 0.717) is 23.0 Å². The van der Waals surface area contributed by atoms with Crippen LogP contribution in [0.1, 0.15) is 44.9 Å². The molecule has 2 aliphatic heterocycles. The number of halogens is 1. The highest BCUT2D eigenvalue weighted by Crippen LogP contribution is 2.33. The van der Waals surface area contributed by atoms with Crippen molar-refractivity contribution in [3.63, 3.8) is 0 Å². The molecule has 0 saturated carbocycles. The summed E-state index contributed by atoms with van der Waals surface area (Å²) in [6.07, 6.45) is 3.35. The van der Waals surface area contributed by atoms with E-state index in [1.165, 1.54) is 18.2 Å². The lowest BCUT2D eigenvalue weighted by Crippen LogP contribution is -2.36. The van der Waals surface area contributed by atoms with Gasteiger partial charge in [0.05, 0.1) is 23.5 Å². The quantitative estimate of drug-likeness (QED) is 0.0550. The van der Waals surface area contributed by atoms with Crippen molar-refractivity contribution in [1.29, 1.82) is 0 Å². The first-order chi connectivity index (χ1) is 26.0. The molecule has 0 radical (unpaired) electrons. The Labute approximate surface area is 315 Å². The van der Waals surface area contributed by atoms with Gasteiger partial charge in [-0.3, -0.25) is 24.0 Å². The Balaban J connectivity index is 1.11. The molecular formula is C35H46FN7O10S. The Morgan fingerprint density at radius 1 is 0.778 bits per heavy atom. The second-order valence-electron chi connectivity index (χ2n) is 12.5. The van der Waals surface area contributed by atoms with Gasteiger partial charge in [0, 0.05) is 61.2 Å². The van der Waals surface area contributed by atoms with E-state index in [-0.39, 0.29) is 98.6 Å². The van der Waals surface area contributed by atoms with Crippen molar-refractivity contribution in [2.75, 3.05) is 61.1 Å². The van der Waals surface area contributed by atoms with Gasteiger partial charge in [0.1, 0.15) is 43.6 Å². The summed E-state index contributed by atoms with van der Waals surface area (Å²) in [5, 5.41) is 37.8. The van der Waals surface area contributed by atoms with Crippen molar-refractivity contribution < 1.29 is 52.8 Å². The first kappa shape index (κ1) is 41.3. The number of ether oxygens (including phenoxy) is 2. The summed E-state index contributed by atoms with van der Waals surface area (Å²) < 4.78 is 25.2. The first-order valence-corrected chi connectivity index (χ1v) is 18.6. The monoisotopic (exact) mass is 775 g/mol. The highest BCUT2D eigenvalue weighted by atomic mass is 32.2. The summed E-state index contributed by atoms with van der Waals surface area (Å²) in [6.45, 7) is -0.431. The summed E-state index contributed by atoms with van der Waals surface area (Å²) in [7, 11) is 0. The van der Waals surface area contributed by atoms with Crippen LogP contribution in [0.2, 0.25) is 0 Å². The molecule has 54 heavy (non-hydrogen) atoms. The molecule has 3 atom stereocenters. The average Bonchev–Trinajstić information content (AvgIpc) is 3.68. The lowest BCUT2D eigenvalue weighted by Gasteiger charge is -2.16. The number of benzene rings is 2. The van der Waals surface area contributed by atoms with Gasteiger partial charge in [-0.25, -0.2) is 9.18 Å². The topological polar surface area (TPSA) is 246 Å². The van der Waals surface area contributed by atoms with E-state index in [1.807, 2.05) is 11.8 Å². The summed E-state index contributed by atoms with van der Waals surface area (Å²) in [5.74, 6) is -2.35. The molecule has 3 unspecified atom stereocenters. The van der Waals surface area contributed by atoms with Gasteiger partial charge in [-0.05, 0) is 43.5 Å². The third kappa shape index (κ3) is 14.2. The highest BCUT2D eigenvalue weighted by Gasteiger charge is 2.42. The van der Waals surface area contributed by atoms with E-state index in [0.717, 1.165) is 37.1 Å². The second kappa shape index (κ2) is 21.3. The van der Waals surface area contributed by atoms with Crippen LogP contribution in [0.5, 0.6) is 11.5 Å². The predicted octanol–water partition coefficient (Wildman–Crippen LogP) is 2.34. The van der Waals surface area contributed by atoms with Crippen LogP contribution in [0.15, 0.2) is 36.4 Å². The van der Waals surface area contributed by atoms with Gasteiger partial charge in [0.2, 0.25) is 17.7 Å². The molecule has 2 aromatic rings. The number of unbranched alkanes of at least 4 members (excludes halogenated alkanes) is 1. The van der Waals surface area contributed by atoms with E-state index >= 15 is 0 Å². The standard InChI is InChI=1S/C35H46FN7O10S/c36-21-8-10-23(39-18-32(47)48)26(16-21)52-14-15-53-27-17-22(9-11-24(27)40-19-33(49)50)41-31(46)7-3-6-30(45)38-13-12-37-29(44)5-2-1-4-28-34-25(20-54-28)42-35(51)43-34/h8-11,16-17,25,28,34,39-40H,1-7,12-15,18-20H2,(H,37,44)(H,38,45)(H,41,46)(H,47,48)(H,49,50)(H2,42,43,51). The SMILES string of the molecule is O=C(O)CNc1ccc(F)cc1OCCOc1cc(NC(=O)CCCC(=O)NCCNC(=O)CCCCC2SCC3NC(=O)NC32)ccc1NCC(=O)O. The van der Waals surface area contributed by atoms with Crippen molar-refractivity contribution in [3.8, 4) is 11.5 Å². The molecular weight excluding hydrogens is 729 g/mol. The number of rotatable bonds is 24. The number of hydrogen-bond donors (Lipinski definition) is 9. The Morgan fingerprint density at radius 3 is 2.02 bits per heavy atom. The zero-order chi connectivity index (χ0) is 38.9. The van der Waals surface area contributed by atoms with Gasteiger partial charge in [0.15, 0.2) is 0 Å². The van der Waals surface area contributed by atoms with Crippen LogP contribution < -0.4 is 46.7 Å². The zero-order valence-electron chi connectivity index (χ0n) is 29.5. The Hall–Kier alpha value is -5.46. The number of anilines is 3. The van der Waals surface area contributed by atoms with Crippen LogP contribution in [0.3, 0.4) is 0 Å². The minimum Gasteiger partial charge on any atom is -0.488 e. The van der Waals surface area contributed by atoms with Gasteiger partial charge in [-0.2, -0.15) is 11.8 Å². The van der Waals surface area contributed by atoms with Gasteiger partial charge in [-0.1, -0.05) is 6.42 Å². The normalized spacial score (nSPS) is 17.0. The van der Waals surface area contributed by atoms with Gasteiger partial charge in [0.25, 0.3) is 0 Å². The fourth-order valence-corrected chi connectivity index (χ4v) is 7.30. The summed E-state index contributed by atoms with van der Waals surface area (Å²) in [4.78, 5) is 70.6. The summed E-state index contributed by atoms with van der Waals surface area (Å²) in [6, 6.07) is 8.39. The number of carboxylic acids is 2. The minimum absolute atomic E-state index is 0.0444. The van der Waals surface area contributed by atoms with Crippen molar-refractivity contribution in [1.82, 2.24) is 21.3 Å². The maximum atomic E-state index is 13.8. The van der Waals surface area contributed by atoms with Gasteiger partial charge in [-0.15, -0.1) is 0 Å². The first-order valence-electron chi connectivity index (χ1n) is 17.6. The number of urea groups is 1. The van der Waals surface area contributed by atoms with Crippen LogP contribution in [-0.2, 0) is 24.0 Å². The Morgan fingerprint density at radius 2 is 1.37 bits per heavy atom. The molecule has 2 saturated heterocycles. The molecule has 0 bridgehead atoms. The molecule has 294 valence electrons. The molecule has 19 heteroatoms. The predicted molar refractivity (Wildman–Crippen MR) is 199 cm³/mol. The summed E-state index contributed by atoms with van der Waals surface area (Å²) in [5.41, 5.74) is 0.950. The van der Waals surface area contributed by atoms with Crippen LogP contribution in [0, 0.1) is 5.82 Å². The number of amides is 5. The van der Waals surface area contributed by atoms with E-state index in [9.17, 15) is 33.2 Å². The minimum atomic E-state index is -1.11. The number of aliphatic carboxylic acids is 2. The molecule has 2 aromatic carbocycles. The molecule has 0 spiro atoms. The second-order valence-corrected chi connectivity index (χ2v) is 13.8. The van der Waals surface area contributed by atoms with E-state index in [2.05, 4.69) is 37.2 Å². The molecule has 9 N–H and O–H groups in total. The number of nitrogens with one attached hydrogen (secondary N) is 7. The van der Waals surface area contributed by atoms with Gasteiger partial charge < -0.3 is 56.9 Å². The fourth-order valence-electron chi connectivity index (χ4n) is 5.76. The number of carboxylic acid groups (broad SMARTS) is 2. The lowest BCUT2D eigenvalue weighted by atomic mass is 10.0. The fraction of sp³-hybridized carbons (Fsp3) is 0.486. The number of fused-ring (bicyclic) bond motifs is 1. The smallest absolute Gasteiger partial charge is 0.322 e. The largest absolute Gasteiger partial charge is 0.488 e. The lowest BCUT2D eigenvalue weighted by molar-refractivity contribution is -0.135. The molecule has 0 aliphatic carbocycles. The number of carbonyl (C=O) groups is 6. The maximum Gasteiger partial charge on any atom is 0.322 e. The molecule has 4 rings (SSSR count). The molecule has 0 aromatic heterocycles. The van der Waals surface area contributed by atoms with E-state index < -0.39 is 30.8 Å². The highest BCUT2D eigenvalue weighted by molar-refractivity contribution is 8.00. The molecule has 2 fully saturated rings. The molecule has 2 heterocycles. The van der Waals surface area contributed by atoms with Crippen molar-refractivity contribution in [3.05, 3.63) is 42.2 Å². The maximum absolute atomic E-state index is 13.8. The number of hydrogen-bond acceptors (Lipinski definition) is 11. The number of carbonyl (C=O) groups excluding carboxylic acids is 4. The summed E-state index contributed by atoms with van der Waals surface area (Å²) >= 11 is 1.84. The van der Waals surface area contributed by atoms with Crippen LogP contribution in [0.4, 0.5) is 26.2 Å². The molecule has 5 amide bonds. The third-order valence-electron chi connectivity index (χ3n) is 8.33. The van der Waals surface area contributed by atoms with Crippen LogP contribution in [0.25, 0.3) is 0 Å². The van der Waals surface area contributed by atoms with Crippen molar-refractivity contribution in [2.45, 2.75) is 62.3 Å². The van der Waals surface area contributed by atoms with Gasteiger partial charge >= 0.3 is 18.0 Å². The average molecular weight is 776 g/mol. The molecule has 2 aliphatic rings. The van der Waals surface area contributed by atoms with E-state index in [4.69, 9.17) is 19.7 Å². The van der Waals surface area contributed by atoms with Crippen LogP contribution >= 0.6 is 11.8 Å².